The summed E-state index contributed by atoms with van der Waals surface area (Å²) in [6.07, 6.45) is 7.68. The van der Waals surface area contributed by atoms with Gasteiger partial charge in [-0.2, -0.15) is 0 Å². The average molecular weight is 287 g/mol. The Morgan fingerprint density at radius 1 is 1.31 bits per heavy atom. The molecule has 4 heteroatoms. The summed E-state index contributed by atoms with van der Waals surface area (Å²) >= 11 is 3.22. The van der Waals surface area contributed by atoms with Crippen molar-refractivity contribution in [3.8, 4) is 0 Å². The van der Waals surface area contributed by atoms with Crippen LogP contribution in [0, 0.1) is 0 Å². The topological polar surface area (TPSA) is 48.0 Å². The van der Waals surface area contributed by atoms with Crippen molar-refractivity contribution in [3.05, 3.63) is 27.1 Å². The second kappa shape index (κ2) is 6.74. The van der Waals surface area contributed by atoms with E-state index in [1.54, 1.807) is 16.8 Å². The van der Waals surface area contributed by atoms with Crippen molar-refractivity contribution >= 4 is 21.6 Å². The molecule has 0 amide bonds. The summed E-state index contributed by atoms with van der Waals surface area (Å²) in [4.78, 5) is 11.7. The molecule has 0 aliphatic heterocycles. The fourth-order valence-corrected chi connectivity index (χ4v) is 2.16. The first-order valence-corrected chi connectivity index (χ1v) is 6.60. The Morgan fingerprint density at radius 3 is 2.69 bits per heavy atom. The van der Waals surface area contributed by atoms with Gasteiger partial charge in [-0.1, -0.05) is 32.6 Å². The molecule has 0 fully saturated rings. The second-order valence-corrected chi connectivity index (χ2v) is 4.89. The highest BCUT2D eigenvalue weighted by Crippen LogP contribution is 2.09. The van der Waals surface area contributed by atoms with Crippen LogP contribution >= 0.6 is 15.9 Å². The highest BCUT2D eigenvalue weighted by Gasteiger charge is 2.02. The zero-order valence-corrected chi connectivity index (χ0v) is 11.3. The molecule has 0 atom stereocenters. The van der Waals surface area contributed by atoms with E-state index in [1.165, 1.54) is 25.7 Å². The number of nitrogen functional groups attached to an aromatic ring is 1. The summed E-state index contributed by atoms with van der Waals surface area (Å²) in [5, 5.41) is 0. The number of unbranched alkanes of at least 4 members (excludes halogenated alkanes) is 4. The number of rotatable bonds is 6. The van der Waals surface area contributed by atoms with Crippen LogP contribution in [0.3, 0.4) is 0 Å². The molecule has 0 saturated heterocycles. The molecule has 1 aromatic rings. The average Bonchev–Trinajstić information content (AvgIpc) is 2.24. The lowest BCUT2D eigenvalue weighted by Gasteiger charge is -2.07. The van der Waals surface area contributed by atoms with E-state index in [9.17, 15) is 4.79 Å². The molecule has 0 aliphatic rings. The third-order valence-electron chi connectivity index (χ3n) is 2.57. The number of hydrogen-bond acceptors (Lipinski definition) is 2. The molecular formula is C12H19BrN2O. The van der Waals surface area contributed by atoms with E-state index < -0.39 is 0 Å². The largest absolute Gasteiger partial charge is 0.398 e. The molecule has 0 aromatic carbocycles. The predicted molar refractivity (Wildman–Crippen MR) is 71.6 cm³/mol. The van der Waals surface area contributed by atoms with Crippen LogP contribution in [0.25, 0.3) is 0 Å². The van der Waals surface area contributed by atoms with Crippen LogP contribution in [-0.2, 0) is 6.54 Å². The number of halogens is 1. The van der Waals surface area contributed by atoms with Crippen LogP contribution in [0.1, 0.15) is 39.0 Å². The zero-order valence-electron chi connectivity index (χ0n) is 9.71. The van der Waals surface area contributed by atoms with Crippen LogP contribution in [0.15, 0.2) is 21.5 Å². The summed E-state index contributed by atoms with van der Waals surface area (Å²) in [6, 6.07) is 1.65. The van der Waals surface area contributed by atoms with Gasteiger partial charge in [0.25, 0.3) is 5.56 Å². The summed E-state index contributed by atoms with van der Waals surface area (Å²) in [5.74, 6) is 0. The third kappa shape index (κ3) is 4.00. The first-order valence-electron chi connectivity index (χ1n) is 5.80. The minimum atomic E-state index is 0.00434. The van der Waals surface area contributed by atoms with Crippen molar-refractivity contribution in [3.63, 3.8) is 0 Å². The van der Waals surface area contributed by atoms with E-state index in [-0.39, 0.29) is 5.56 Å². The minimum Gasteiger partial charge on any atom is -0.398 e. The van der Waals surface area contributed by atoms with Crippen LogP contribution in [0.4, 0.5) is 5.69 Å². The quantitative estimate of drug-likeness (QED) is 0.817. The molecule has 0 unspecified atom stereocenters. The van der Waals surface area contributed by atoms with Crippen molar-refractivity contribution in [2.45, 2.75) is 45.6 Å². The molecule has 1 heterocycles. The molecule has 1 aromatic heterocycles. The van der Waals surface area contributed by atoms with Gasteiger partial charge in [-0.25, -0.2) is 0 Å². The monoisotopic (exact) mass is 286 g/mol. The summed E-state index contributed by atoms with van der Waals surface area (Å²) in [7, 11) is 0. The van der Waals surface area contributed by atoms with E-state index in [2.05, 4.69) is 22.9 Å². The standard InChI is InChI=1S/C12H19BrN2O/c1-2-3-4-5-6-7-15-9-10(14)8-11(13)12(15)16/h8-9H,2-7,14H2,1H3. The Labute approximate surface area is 105 Å². The SMILES string of the molecule is CCCCCCCn1cc(N)cc(Br)c1=O. The predicted octanol–water partition coefficient (Wildman–Crippen LogP) is 3.16. The first-order chi connectivity index (χ1) is 7.65. The minimum absolute atomic E-state index is 0.00434. The van der Waals surface area contributed by atoms with Crippen molar-refractivity contribution in [2.75, 3.05) is 5.73 Å². The highest BCUT2D eigenvalue weighted by molar-refractivity contribution is 9.10. The van der Waals surface area contributed by atoms with Crippen molar-refractivity contribution in [1.29, 1.82) is 0 Å². The van der Waals surface area contributed by atoms with Gasteiger partial charge >= 0.3 is 0 Å². The summed E-state index contributed by atoms with van der Waals surface area (Å²) < 4.78 is 2.23. The Kier molecular flexibility index (Phi) is 5.60. The van der Waals surface area contributed by atoms with E-state index in [0.717, 1.165) is 13.0 Å². The maximum absolute atomic E-state index is 11.7. The molecule has 2 N–H and O–H groups in total. The van der Waals surface area contributed by atoms with E-state index in [1.807, 2.05) is 0 Å². The lowest BCUT2D eigenvalue weighted by atomic mass is 10.1. The van der Waals surface area contributed by atoms with Crippen molar-refractivity contribution in [1.82, 2.24) is 4.57 Å². The fraction of sp³-hybridized carbons (Fsp3) is 0.583. The van der Waals surface area contributed by atoms with Gasteiger partial charge in [0.1, 0.15) is 0 Å². The van der Waals surface area contributed by atoms with Gasteiger partial charge in [0.2, 0.25) is 0 Å². The van der Waals surface area contributed by atoms with Crippen LogP contribution in [-0.4, -0.2) is 4.57 Å². The van der Waals surface area contributed by atoms with E-state index in [0.29, 0.717) is 10.2 Å². The number of hydrogen-bond donors (Lipinski definition) is 1. The number of anilines is 1. The zero-order chi connectivity index (χ0) is 12.0. The van der Waals surface area contributed by atoms with Gasteiger partial charge < -0.3 is 10.3 Å². The number of pyridine rings is 1. The van der Waals surface area contributed by atoms with Gasteiger partial charge in [-0.15, -0.1) is 0 Å². The molecule has 0 aliphatic carbocycles. The maximum atomic E-state index is 11.7. The maximum Gasteiger partial charge on any atom is 0.264 e. The van der Waals surface area contributed by atoms with Gasteiger partial charge in [0, 0.05) is 18.4 Å². The third-order valence-corrected chi connectivity index (χ3v) is 3.13. The molecular weight excluding hydrogens is 268 g/mol. The van der Waals surface area contributed by atoms with E-state index >= 15 is 0 Å². The van der Waals surface area contributed by atoms with Crippen LogP contribution in [0.5, 0.6) is 0 Å². The highest BCUT2D eigenvalue weighted by atomic mass is 79.9. The molecule has 1 rings (SSSR count). The normalized spacial score (nSPS) is 10.6. The van der Waals surface area contributed by atoms with Crippen molar-refractivity contribution < 1.29 is 0 Å². The summed E-state index contributed by atoms with van der Waals surface area (Å²) in [5.41, 5.74) is 6.32. The van der Waals surface area contributed by atoms with Crippen LogP contribution in [0.2, 0.25) is 0 Å². The van der Waals surface area contributed by atoms with Gasteiger partial charge in [0.15, 0.2) is 0 Å². The van der Waals surface area contributed by atoms with Gasteiger partial charge in [0.05, 0.1) is 4.47 Å². The Hall–Kier alpha value is -0.770. The first kappa shape index (κ1) is 13.3. The second-order valence-electron chi connectivity index (χ2n) is 4.03. The number of nitrogens with zero attached hydrogens (tertiary/aromatic N) is 1. The van der Waals surface area contributed by atoms with Gasteiger partial charge in [-0.05, 0) is 28.4 Å². The number of aromatic nitrogens is 1. The molecule has 16 heavy (non-hydrogen) atoms. The Bertz CT molecular complexity index is 387. The van der Waals surface area contributed by atoms with Gasteiger partial charge in [-0.3, -0.25) is 4.79 Å². The number of nitrogens with two attached hydrogens (primary N) is 1. The molecule has 90 valence electrons. The molecule has 0 saturated carbocycles. The Balaban J connectivity index is 2.51. The van der Waals surface area contributed by atoms with Crippen molar-refractivity contribution in [2.24, 2.45) is 0 Å². The fourth-order valence-electron chi connectivity index (χ4n) is 1.67. The Morgan fingerprint density at radius 2 is 2.00 bits per heavy atom. The molecule has 0 bridgehead atoms. The van der Waals surface area contributed by atoms with E-state index in [4.69, 9.17) is 5.73 Å². The summed E-state index contributed by atoms with van der Waals surface area (Å²) in [6.45, 7) is 2.95. The lowest BCUT2D eigenvalue weighted by Crippen LogP contribution is -2.20. The molecule has 0 spiro atoms. The smallest absolute Gasteiger partial charge is 0.264 e. The number of aryl methyl sites for hydroxylation is 1. The molecule has 0 radical (unpaired) electrons. The molecule has 3 nitrogen and oxygen atoms in total. The van der Waals surface area contributed by atoms with Crippen LogP contribution < -0.4 is 11.3 Å². The lowest BCUT2D eigenvalue weighted by molar-refractivity contribution is 0.558.